The first-order chi connectivity index (χ1) is 8.26. The maximum absolute atomic E-state index is 11.9. The fourth-order valence-corrected chi connectivity index (χ4v) is 2.19. The molecule has 0 atom stereocenters. The van der Waals surface area contributed by atoms with Crippen LogP contribution in [0.2, 0.25) is 0 Å². The predicted octanol–water partition coefficient (Wildman–Crippen LogP) is 1.15. The molecule has 1 aliphatic rings. The van der Waals surface area contributed by atoms with E-state index in [2.05, 4.69) is 26.8 Å². The third kappa shape index (κ3) is 2.61. The molecule has 0 aromatic carbocycles. The van der Waals surface area contributed by atoms with E-state index in [4.69, 9.17) is 0 Å². The fourth-order valence-electron chi connectivity index (χ4n) is 2.19. The average molecular weight is 233 g/mol. The van der Waals surface area contributed by atoms with Gasteiger partial charge >= 0.3 is 0 Å². The minimum atomic E-state index is -0.730. The maximum atomic E-state index is 11.9. The van der Waals surface area contributed by atoms with E-state index in [1.165, 1.54) is 6.20 Å². The van der Waals surface area contributed by atoms with Gasteiger partial charge in [-0.05, 0) is 12.8 Å². The largest absolute Gasteiger partial charge is 0.332 e. The normalized spacial score (nSPS) is 19.0. The van der Waals surface area contributed by atoms with Gasteiger partial charge in [-0.3, -0.25) is 4.79 Å². The molecular formula is C11H15N5O. The lowest BCUT2D eigenvalue weighted by atomic mass is 9.92. The first-order valence-electron chi connectivity index (χ1n) is 5.85. The van der Waals surface area contributed by atoms with Crippen LogP contribution >= 0.6 is 0 Å². The van der Waals surface area contributed by atoms with Gasteiger partial charge in [0.25, 0.3) is 5.91 Å². The second-order valence-electron chi connectivity index (χ2n) is 4.42. The van der Waals surface area contributed by atoms with Crippen molar-refractivity contribution in [2.45, 2.75) is 44.1 Å². The first-order valence-corrected chi connectivity index (χ1v) is 5.85. The van der Waals surface area contributed by atoms with Gasteiger partial charge in [0.1, 0.15) is 5.54 Å². The molecular weight excluding hydrogens is 218 g/mol. The quantitative estimate of drug-likeness (QED) is 0.749. The lowest BCUT2D eigenvalue weighted by molar-refractivity contribution is 0.0907. The van der Waals surface area contributed by atoms with Gasteiger partial charge in [-0.2, -0.15) is 20.7 Å². The average Bonchev–Trinajstić information content (AvgIpc) is 2.78. The van der Waals surface area contributed by atoms with Crippen LogP contribution in [0.3, 0.4) is 0 Å². The summed E-state index contributed by atoms with van der Waals surface area (Å²) in [6.45, 7) is 0. The van der Waals surface area contributed by atoms with Gasteiger partial charge < -0.3 is 5.32 Å². The molecule has 1 heterocycles. The van der Waals surface area contributed by atoms with Crippen molar-refractivity contribution in [3.8, 4) is 6.07 Å². The summed E-state index contributed by atoms with van der Waals surface area (Å²) in [6, 6.07) is 2.26. The van der Waals surface area contributed by atoms with Crippen LogP contribution in [0.15, 0.2) is 6.20 Å². The molecule has 0 bridgehead atoms. The standard InChI is InChI=1S/C11H15N5O/c12-8-11(5-3-1-2-4-6-11)14-10(17)9-7-13-16-15-9/h7H,1-6H2,(H,14,17)(H,13,15,16). The van der Waals surface area contributed by atoms with Crippen molar-refractivity contribution in [1.29, 1.82) is 5.26 Å². The summed E-state index contributed by atoms with van der Waals surface area (Å²) < 4.78 is 0. The highest BCUT2D eigenvalue weighted by Gasteiger charge is 2.33. The zero-order valence-corrected chi connectivity index (χ0v) is 9.57. The summed E-state index contributed by atoms with van der Waals surface area (Å²) in [4.78, 5) is 11.9. The Balaban J connectivity index is 2.09. The molecule has 1 aliphatic carbocycles. The van der Waals surface area contributed by atoms with Crippen LogP contribution in [-0.2, 0) is 0 Å². The van der Waals surface area contributed by atoms with Crippen molar-refractivity contribution in [3.05, 3.63) is 11.9 Å². The number of aromatic amines is 1. The SMILES string of the molecule is N#CC1(NC(=O)c2cn[nH]n2)CCCCCC1. The van der Waals surface area contributed by atoms with Gasteiger partial charge in [-0.15, -0.1) is 0 Å². The van der Waals surface area contributed by atoms with E-state index < -0.39 is 5.54 Å². The molecule has 0 spiro atoms. The lowest BCUT2D eigenvalue weighted by Crippen LogP contribution is -2.47. The fraction of sp³-hybridized carbons (Fsp3) is 0.636. The second-order valence-corrected chi connectivity index (χ2v) is 4.42. The van der Waals surface area contributed by atoms with Crippen LogP contribution in [0.4, 0.5) is 0 Å². The number of carbonyl (C=O) groups is 1. The van der Waals surface area contributed by atoms with E-state index in [1.54, 1.807) is 0 Å². The number of nitriles is 1. The summed E-state index contributed by atoms with van der Waals surface area (Å²) >= 11 is 0. The Labute approximate surface area is 99.4 Å². The van der Waals surface area contributed by atoms with Crippen molar-refractivity contribution < 1.29 is 4.79 Å². The van der Waals surface area contributed by atoms with Crippen LogP contribution in [0.25, 0.3) is 0 Å². The van der Waals surface area contributed by atoms with E-state index >= 15 is 0 Å². The van der Waals surface area contributed by atoms with Crippen LogP contribution in [0, 0.1) is 11.3 Å². The highest BCUT2D eigenvalue weighted by molar-refractivity contribution is 5.92. The van der Waals surface area contributed by atoms with Crippen LogP contribution in [0.1, 0.15) is 49.0 Å². The topological polar surface area (TPSA) is 94.5 Å². The molecule has 0 unspecified atom stereocenters. The third-order valence-corrected chi connectivity index (χ3v) is 3.17. The van der Waals surface area contributed by atoms with Crippen molar-refractivity contribution in [2.24, 2.45) is 0 Å². The summed E-state index contributed by atoms with van der Waals surface area (Å²) in [7, 11) is 0. The van der Waals surface area contributed by atoms with Crippen LogP contribution in [0.5, 0.6) is 0 Å². The molecule has 0 saturated heterocycles. The molecule has 1 amide bonds. The zero-order chi connectivity index (χ0) is 12.1. The molecule has 6 nitrogen and oxygen atoms in total. The van der Waals surface area contributed by atoms with Gasteiger partial charge in [-0.25, -0.2) is 0 Å². The zero-order valence-electron chi connectivity index (χ0n) is 9.57. The third-order valence-electron chi connectivity index (χ3n) is 3.17. The van der Waals surface area contributed by atoms with E-state index in [0.717, 1.165) is 25.7 Å². The number of nitrogens with one attached hydrogen (secondary N) is 2. The summed E-state index contributed by atoms with van der Waals surface area (Å²) in [6.07, 6.45) is 7.00. The molecule has 2 N–H and O–H groups in total. The van der Waals surface area contributed by atoms with Crippen molar-refractivity contribution >= 4 is 5.91 Å². The number of hydrogen-bond acceptors (Lipinski definition) is 4. The molecule has 1 aromatic rings. The van der Waals surface area contributed by atoms with Crippen molar-refractivity contribution in [3.63, 3.8) is 0 Å². The molecule has 90 valence electrons. The number of carbonyl (C=O) groups excluding carboxylic acids is 1. The molecule has 1 saturated carbocycles. The monoisotopic (exact) mass is 233 g/mol. The molecule has 1 aromatic heterocycles. The van der Waals surface area contributed by atoms with Gasteiger partial charge in [-0.1, -0.05) is 25.7 Å². The molecule has 0 radical (unpaired) electrons. The predicted molar refractivity (Wildman–Crippen MR) is 59.9 cm³/mol. The number of hydrogen-bond donors (Lipinski definition) is 2. The Hall–Kier alpha value is -1.90. The highest BCUT2D eigenvalue weighted by atomic mass is 16.2. The number of aromatic nitrogens is 3. The maximum Gasteiger partial charge on any atom is 0.274 e. The summed E-state index contributed by atoms with van der Waals surface area (Å²) in [5.41, 5.74) is -0.504. The number of nitrogens with zero attached hydrogens (tertiary/aromatic N) is 3. The minimum absolute atomic E-state index is 0.226. The Morgan fingerprint density at radius 1 is 1.41 bits per heavy atom. The molecule has 0 aliphatic heterocycles. The van der Waals surface area contributed by atoms with E-state index in [1.807, 2.05) is 0 Å². The highest BCUT2D eigenvalue weighted by Crippen LogP contribution is 2.26. The molecule has 1 fully saturated rings. The molecule has 6 heteroatoms. The van der Waals surface area contributed by atoms with E-state index in [-0.39, 0.29) is 11.6 Å². The molecule has 2 rings (SSSR count). The first kappa shape index (κ1) is 11.6. The summed E-state index contributed by atoms with van der Waals surface area (Å²) in [5.74, 6) is -0.331. The second kappa shape index (κ2) is 4.95. The van der Waals surface area contributed by atoms with Gasteiger partial charge in [0.15, 0.2) is 5.69 Å². The van der Waals surface area contributed by atoms with Gasteiger partial charge in [0, 0.05) is 0 Å². The van der Waals surface area contributed by atoms with Gasteiger partial charge in [0.2, 0.25) is 0 Å². The number of H-pyrrole nitrogens is 1. The van der Waals surface area contributed by atoms with Gasteiger partial charge in [0.05, 0.1) is 12.3 Å². The Morgan fingerprint density at radius 2 is 2.12 bits per heavy atom. The smallest absolute Gasteiger partial charge is 0.274 e. The van der Waals surface area contributed by atoms with Crippen molar-refractivity contribution in [2.75, 3.05) is 0 Å². The van der Waals surface area contributed by atoms with E-state index in [9.17, 15) is 10.1 Å². The summed E-state index contributed by atoms with van der Waals surface area (Å²) in [5, 5.41) is 21.8. The Kier molecular flexibility index (Phi) is 3.38. The number of rotatable bonds is 2. The van der Waals surface area contributed by atoms with Crippen LogP contribution in [-0.4, -0.2) is 26.9 Å². The lowest BCUT2D eigenvalue weighted by Gasteiger charge is -2.25. The number of amides is 1. The minimum Gasteiger partial charge on any atom is -0.332 e. The Morgan fingerprint density at radius 3 is 2.65 bits per heavy atom. The Bertz CT molecular complexity index is 412. The van der Waals surface area contributed by atoms with Crippen LogP contribution < -0.4 is 5.32 Å². The van der Waals surface area contributed by atoms with E-state index in [0.29, 0.717) is 12.8 Å². The van der Waals surface area contributed by atoms with Crippen molar-refractivity contribution in [1.82, 2.24) is 20.7 Å². The molecule has 17 heavy (non-hydrogen) atoms.